The average Bonchev–Trinajstić information content (AvgIpc) is 3.17. The van der Waals surface area contributed by atoms with Gasteiger partial charge in [-0.15, -0.1) is 0 Å². The van der Waals surface area contributed by atoms with Crippen molar-refractivity contribution in [3.8, 4) is 0 Å². The van der Waals surface area contributed by atoms with Gasteiger partial charge in [0.05, 0.1) is 22.8 Å². The maximum Gasteiger partial charge on any atom is 0.338 e. The summed E-state index contributed by atoms with van der Waals surface area (Å²) >= 11 is 0. The van der Waals surface area contributed by atoms with Crippen LogP contribution in [0.1, 0.15) is 53.8 Å². The molecule has 6 rings (SSSR count). The first-order chi connectivity index (χ1) is 15.2. The molecule has 0 aliphatic carbocycles. The monoisotopic (exact) mass is 412 g/mol. The van der Waals surface area contributed by atoms with Crippen molar-refractivity contribution >= 4 is 22.6 Å². The molecule has 1 fully saturated rings. The topological polar surface area (TPSA) is 34.5 Å². The van der Waals surface area contributed by atoms with Crippen LogP contribution in [0.2, 0.25) is 0 Å². The van der Waals surface area contributed by atoms with Gasteiger partial charge in [-0.1, -0.05) is 49.4 Å². The lowest BCUT2D eigenvalue weighted by molar-refractivity contribution is 0.0254. The fourth-order valence-electron chi connectivity index (χ4n) is 6.29. The van der Waals surface area contributed by atoms with Gasteiger partial charge in [0.1, 0.15) is 6.61 Å². The highest BCUT2D eigenvalue weighted by Gasteiger charge is 2.50. The van der Waals surface area contributed by atoms with Gasteiger partial charge in [0.2, 0.25) is 0 Å². The summed E-state index contributed by atoms with van der Waals surface area (Å²) in [6, 6.07) is 18.5. The van der Waals surface area contributed by atoms with E-state index in [-0.39, 0.29) is 11.4 Å². The predicted molar refractivity (Wildman–Crippen MR) is 123 cm³/mol. The average molecular weight is 413 g/mol. The van der Waals surface area contributed by atoms with Crippen LogP contribution in [0.3, 0.4) is 0 Å². The van der Waals surface area contributed by atoms with Gasteiger partial charge in [0.15, 0.2) is 0 Å². The molecule has 2 aromatic carbocycles. The largest absolute Gasteiger partial charge is 0.456 e. The van der Waals surface area contributed by atoms with E-state index in [1.807, 2.05) is 30.3 Å². The van der Waals surface area contributed by atoms with E-state index in [0.717, 1.165) is 25.1 Å². The van der Waals surface area contributed by atoms with E-state index in [0.29, 0.717) is 18.2 Å². The number of carbonyl (C=O) groups is 1. The summed E-state index contributed by atoms with van der Waals surface area (Å²) in [4.78, 5) is 15.4. The molecule has 4 heteroatoms. The highest BCUT2D eigenvalue weighted by Crippen LogP contribution is 2.56. The SMILES string of the molecule is CC[C@@]12C=C(COC(=O)c3ccccc3)n3c4c(c5ccccc53)CCN(CCC1)[C@H]42. The Kier molecular flexibility index (Phi) is 4.32. The Morgan fingerprint density at radius 1 is 1.10 bits per heavy atom. The standard InChI is InChI=1S/C27H28N2O2/c1-2-27-14-8-15-28-16-13-22-21-11-6-7-12-23(21)29(24(22)25(27)28)20(17-27)18-31-26(30)19-9-4-3-5-10-19/h3-7,9-12,17,25H,2,8,13-16,18H2,1H3/t25-,27+/m1/s1. The molecule has 1 aromatic heterocycles. The van der Waals surface area contributed by atoms with E-state index in [1.54, 1.807) is 0 Å². The van der Waals surface area contributed by atoms with Crippen molar-refractivity contribution in [1.29, 1.82) is 0 Å². The van der Waals surface area contributed by atoms with Crippen molar-refractivity contribution in [2.75, 3.05) is 19.7 Å². The molecule has 4 heterocycles. The molecule has 0 radical (unpaired) electrons. The van der Waals surface area contributed by atoms with Crippen LogP contribution in [0.25, 0.3) is 16.6 Å². The molecule has 3 aliphatic rings. The maximum atomic E-state index is 12.7. The van der Waals surface area contributed by atoms with E-state index in [4.69, 9.17) is 4.74 Å². The first-order valence-corrected chi connectivity index (χ1v) is 11.5. The van der Waals surface area contributed by atoms with Crippen molar-refractivity contribution in [3.05, 3.63) is 77.5 Å². The number of fused-ring (bicyclic) bond motifs is 3. The number of rotatable bonds is 4. The zero-order valence-electron chi connectivity index (χ0n) is 18.0. The normalized spacial score (nSPS) is 24.5. The molecule has 0 N–H and O–H groups in total. The highest BCUT2D eigenvalue weighted by atomic mass is 16.5. The number of aromatic nitrogens is 1. The first-order valence-electron chi connectivity index (χ1n) is 11.5. The zero-order chi connectivity index (χ0) is 21.0. The fourth-order valence-corrected chi connectivity index (χ4v) is 6.29. The molecule has 3 aliphatic heterocycles. The molecule has 31 heavy (non-hydrogen) atoms. The number of piperidine rings is 1. The highest BCUT2D eigenvalue weighted by molar-refractivity contribution is 5.92. The van der Waals surface area contributed by atoms with E-state index < -0.39 is 0 Å². The zero-order valence-corrected chi connectivity index (χ0v) is 18.0. The number of esters is 1. The Morgan fingerprint density at radius 2 is 1.90 bits per heavy atom. The van der Waals surface area contributed by atoms with Gasteiger partial charge in [-0.25, -0.2) is 4.79 Å². The van der Waals surface area contributed by atoms with Crippen LogP contribution in [0.4, 0.5) is 0 Å². The molecule has 1 saturated heterocycles. The number of nitrogens with zero attached hydrogens (tertiary/aromatic N) is 2. The Balaban J connectivity index is 1.48. The maximum absolute atomic E-state index is 12.7. The third kappa shape index (κ3) is 2.74. The minimum Gasteiger partial charge on any atom is -0.456 e. The molecule has 0 unspecified atom stereocenters. The molecule has 158 valence electrons. The number of hydrogen-bond acceptors (Lipinski definition) is 3. The lowest BCUT2D eigenvalue weighted by Gasteiger charge is -2.53. The van der Waals surface area contributed by atoms with Gasteiger partial charge in [-0.05, 0) is 56.0 Å². The van der Waals surface area contributed by atoms with Crippen molar-refractivity contribution in [3.63, 3.8) is 0 Å². The number of benzene rings is 2. The molecular weight excluding hydrogens is 384 g/mol. The van der Waals surface area contributed by atoms with Crippen LogP contribution in [-0.4, -0.2) is 35.1 Å². The fraction of sp³-hybridized carbons (Fsp3) is 0.370. The molecule has 4 nitrogen and oxygen atoms in total. The van der Waals surface area contributed by atoms with Crippen LogP contribution < -0.4 is 0 Å². The van der Waals surface area contributed by atoms with E-state index in [1.165, 1.54) is 41.5 Å². The van der Waals surface area contributed by atoms with E-state index >= 15 is 0 Å². The van der Waals surface area contributed by atoms with Crippen molar-refractivity contribution in [2.24, 2.45) is 5.41 Å². The lowest BCUT2D eigenvalue weighted by atomic mass is 9.66. The Hall–Kier alpha value is -2.85. The second-order valence-electron chi connectivity index (χ2n) is 9.17. The second-order valence-corrected chi connectivity index (χ2v) is 9.17. The van der Waals surface area contributed by atoms with Gasteiger partial charge >= 0.3 is 5.97 Å². The minimum absolute atomic E-state index is 0.117. The van der Waals surface area contributed by atoms with Crippen molar-refractivity contribution < 1.29 is 9.53 Å². The predicted octanol–water partition coefficient (Wildman–Crippen LogP) is 5.44. The quantitative estimate of drug-likeness (QED) is 0.535. The third-order valence-corrected chi connectivity index (χ3v) is 7.69. The number of ether oxygens (including phenoxy) is 1. The van der Waals surface area contributed by atoms with Gasteiger partial charge in [0.25, 0.3) is 0 Å². The smallest absolute Gasteiger partial charge is 0.338 e. The molecular formula is C27H28N2O2. The van der Waals surface area contributed by atoms with Crippen LogP contribution in [0.15, 0.2) is 60.7 Å². The number of carbonyl (C=O) groups excluding carboxylic acids is 1. The molecule has 2 atom stereocenters. The van der Waals surface area contributed by atoms with Gasteiger partial charge < -0.3 is 9.30 Å². The molecule has 0 amide bonds. The summed E-state index contributed by atoms with van der Waals surface area (Å²) in [7, 11) is 0. The van der Waals surface area contributed by atoms with Crippen LogP contribution in [0, 0.1) is 5.41 Å². The molecule has 0 spiro atoms. The van der Waals surface area contributed by atoms with Crippen LogP contribution in [-0.2, 0) is 11.2 Å². The lowest BCUT2D eigenvalue weighted by Crippen LogP contribution is -2.50. The second kappa shape index (κ2) is 7.10. The van der Waals surface area contributed by atoms with E-state index in [9.17, 15) is 4.79 Å². The Morgan fingerprint density at radius 3 is 2.74 bits per heavy atom. The molecule has 0 bridgehead atoms. The van der Waals surface area contributed by atoms with Crippen LogP contribution >= 0.6 is 0 Å². The summed E-state index contributed by atoms with van der Waals surface area (Å²) in [5, 5.41) is 1.36. The summed E-state index contributed by atoms with van der Waals surface area (Å²) in [6.07, 6.45) is 7.08. The Labute approximate surface area is 183 Å². The number of hydrogen-bond donors (Lipinski definition) is 0. The third-order valence-electron chi connectivity index (χ3n) is 7.69. The van der Waals surface area contributed by atoms with E-state index in [2.05, 4.69) is 46.7 Å². The molecule has 0 saturated carbocycles. The summed E-state index contributed by atoms with van der Waals surface area (Å²) in [5.74, 6) is -0.259. The van der Waals surface area contributed by atoms with Gasteiger partial charge in [-0.3, -0.25) is 4.90 Å². The van der Waals surface area contributed by atoms with Gasteiger partial charge in [0, 0.05) is 23.0 Å². The molecule has 3 aromatic rings. The number of para-hydroxylation sites is 1. The van der Waals surface area contributed by atoms with Crippen molar-refractivity contribution in [1.82, 2.24) is 9.47 Å². The van der Waals surface area contributed by atoms with Crippen molar-refractivity contribution in [2.45, 2.75) is 38.6 Å². The van der Waals surface area contributed by atoms with Crippen LogP contribution in [0.5, 0.6) is 0 Å². The summed E-state index contributed by atoms with van der Waals surface area (Å²) in [5.41, 5.74) is 6.02. The van der Waals surface area contributed by atoms with Gasteiger partial charge in [-0.2, -0.15) is 0 Å². The minimum atomic E-state index is -0.259. The summed E-state index contributed by atoms with van der Waals surface area (Å²) < 4.78 is 8.27. The Bertz CT molecular complexity index is 1190. The summed E-state index contributed by atoms with van der Waals surface area (Å²) in [6.45, 7) is 4.94. The first kappa shape index (κ1) is 18.9.